The molecule has 1 amide bonds. The largest absolute Gasteiger partial charge is 0.354 e. The molecular weight excluding hydrogens is 214 g/mol. The van der Waals surface area contributed by atoms with Gasteiger partial charge < -0.3 is 5.32 Å². The van der Waals surface area contributed by atoms with Crippen molar-refractivity contribution in [3.63, 3.8) is 0 Å². The van der Waals surface area contributed by atoms with Crippen molar-refractivity contribution in [3.05, 3.63) is 48.2 Å². The van der Waals surface area contributed by atoms with Gasteiger partial charge in [0, 0.05) is 7.05 Å². The van der Waals surface area contributed by atoms with Gasteiger partial charge in [0.05, 0.1) is 6.54 Å². The number of nitrogens with zero attached hydrogens (tertiary/aromatic N) is 2. The molecule has 1 N–H and O–H groups in total. The summed E-state index contributed by atoms with van der Waals surface area (Å²) in [4.78, 5) is 11.7. The van der Waals surface area contributed by atoms with Crippen LogP contribution in [0.3, 0.4) is 0 Å². The summed E-state index contributed by atoms with van der Waals surface area (Å²) in [6, 6.07) is 0. The van der Waals surface area contributed by atoms with Gasteiger partial charge in [0.15, 0.2) is 5.70 Å². The third-order valence-corrected chi connectivity index (χ3v) is 2.25. The van der Waals surface area contributed by atoms with E-state index in [2.05, 4.69) is 28.2 Å². The topological polar surface area (TPSA) is 53.8 Å². The first-order valence-corrected chi connectivity index (χ1v) is 5.56. The van der Waals surface area contributed by atoms with Crippen LogP contribution in [0.2, 0.25) is 0 Å². The molecule has 1 aliphatic rings. The number of carbonyl (C=O) groups is 1. The number of carbonyl (C=O) groups excluding carboxylic acids is 1. The molecule has 90 valence electrons. The quantitative estimate of drug-likeness (QED) is 0.451. The smallest absolute Gasteiger partial charge is 0.271 e. The maximum Gasteiger partial charge on any atom is 0.271 e. The predicted molar refractivity (Wildman–Crippen MR) is 68.5 cm³/mol. The Morgan fingerprint density at radius 2 is 2.41 bits per heavy atom. The number of hydrogen-bond acceptors (Lipinski definition) is 3. The lowest BCUT2D eigenvalue weighted by Crippen LogP contribution is -2.20. The Balaban J connectivity index is 2.98. The third kappa shape index (κ3) is 4.18. The SMILES string of the molecule is C=CC/N=N\C(C(=O)NC)=C1\C=CC=CCC1. The Morgan fingerprint density at radius 1 is 1.59 bits per heavy atom. The second-order valence-electron chi connectivity index (χ2n) is 3.49. The summed E-state index contributed by atoms with van der Waals surface area (Å²) in [6.45, 7) is 3.97. The van der Waals surface area contributed by atoms with Crippen molar-refractivity contribution >= 4 is 5.91 Å². The van der Waals surface area contributed by atoms with Crippen LogP contribution >= 0.6 is 0 Å². The first kappa shape index (κ1) is 13.1. The molecule has 0 fully saturated rings. The van der Waals surface area contributed by atoms with E-state index in [1.165, 1.54) is 0 Å². The fourth-order valence-corrected chi connectivity index (χ4v) is 1.41. The van der Waals surface area contributed by atoms with Crippen molar-refractivity contribution in [2.75, 3.05) is 13.6 Å². The summed E-state index contributed by atoms with van der Waals surface area (Å²) in [5, 5.41) is 10.5. The standard InChI is InChI=1S/C13H17N3O/c1-3-10-15-16-12(13(17)14-2)11-8-6-4-5-7-9-11/h3-6,8H,1,7,9-10H2,2H3,(H,14,17)/b12-11-,16-15-. The number of amides is 1. The summed E-state index contributed by atoms with van der Waals surface area (Å²) in [7, 11) is 1.59. The van der Waals surface area contributed by atoms with Gasteiger partial charge in [0.25, 0.3) is 5.91 Å². The molecule has 0 aromatic heterocycles. The molecular formula is C13H17N3O. The number of nitrogens with one attached hydrogen (secondary N) is 1. The monoisotopic (exact) mass is 231 g/mol. The minimum absolute atomic E-state index is 0.209. The third-order valence-electron chi connectivity index (χ3n) is 2.25. The zero-order valence-electron chi connectivity index (χ0n) is 10.0. The zero-order chi connectivity index (χ0) is 12.5. The zero-order valence-corrected chi connectivity index (χ0v) is 10.0. The van der Waals surface area contributed by atoms with Crippen molar-refractivity contribution in [2.24, 2.45) is 10.2 Å². The van der Waals surface area contributed by atoms with E-state index in [-0.39, 0.29) is 5.91 Å². The van der Waals surface area contributed by atoms with Gasteiger partial charge >= 0.3 is 0 Å². The van der Waals surface area contributed by atoms with E-state index in [1.54, 1.807) is 13.1 Å². The van der Waals surface area contributed by atoms with Crippen LogP contribution < -0.4 is 5.32 Å². The fourth-order valence-electron chi connectivity index (χ4n) is 1.41. The highest BCUT2D eigenvalue weighted by Crippen LogP contribution is 2.18. The van der Waals surface area contributed by atoms with Crippen LogP contribution in [0.1, 0.15) is 12.8 Å². The van der Waals surface area contributed by atoms with Gasteiger partial charge in [-0.2, -0.15) is 5.11 Å². The van der Waals surface area contributed by atoms with Crippen molar-refractivity contribution in [3.8, 4) is 0 Å². The number of rotatable bonds is 4. The molecule has 1 aliphatic carbocycles. The maximum absolute atomic E-state index is 11.7. The molecule has 1 rings (SSSR count). The number of likely N-dealkylation sites (N-methyl/N-ethyl adjacent to an activating group) is 1. The molecule has 4 nitrogen and oxygen atoms in total. The predicted octanol–water partition coefficient (Wildman–Crippen LogP) is 2.53. The second kappa shape index (κ2) is 7.33. The van der Waals surface area contributed by atoms with Crippen molar-refractivity contribution < 1.29 is 4.79 Å². The van der Waals surface area contributed by atoms with Crippen LogP contribution in [0.4, 0.5) is 0 Å². The highest BCUT2D eigenvalue weighted by Gasteiger charge is 2.12. The number of azo groups is 1. The molecule has 0 radical (unpaired) electrons. The van der Waals surface area contributed by atoms with Gasteiger partial charge in [-0.25, -0.2) is 0 Å². The summed E-state index contributed by atoms with van der Waals surface area (Å²) in [6.07, 6.45) is 11.2. The second-order valence-corrected chi connectivity index (χ2v) is 3.49. The van der Waals surface area contributed by atoms with E-state index >= 15 is 0 Å². The lowest BCUT2D eigenvalue weighted by Gasteiger charge is -2.04. The highest BCUT2D eigenvalue weighted by atomic mass is 16.2. The fraction of sp³-hybridized carbons (Fsp3) is 0.308. The van der Waals surface area contributed by atoms with E-state index in [9.17, 15) is 4.79 Å². The van der Waals surface area contributed by atoms with Gasteiger partial charge in [-0.3, -0.25) is 4.79 Å². The van der Waals surface area contributed by atoms with Gasteiger partial charge in [-0.15, -0.1) is 11.7 Å². The maximum atomic E-state index is 11.7. The average molecular weight is 231 g/mol. The minimum Gasteiger partial charge on any atom is -0.354 e. The summed E-state index contributed by atoms with van der Waals surface area (Å²) in [5.41, 5.74) is 1.29. The van der Waals surface area contributed by atoms with Crippen molar-refractivity contribution in [1.82, 2.24) is 5.32 Å². The Bertz CT molecular complexity index is 403. The lowest BCUT2D eigenvalue weighted by atomic mass is 10.1. The molecule has 0 heterocycles. The highest BCUT2D eigenvalue weighted by molar-refractivity contribution is 5.94. The molecule has 0 aromatic carbocycles. The van der Waals surface area contributed by atoms with E-state index in [0.717, 1.165) is 18.4 Å². The molecule has 0 saturated heterocycles. The van der Waals surface area contributed by atoms with E-state index in [1.807, 2.05) is 18.2 Å². The van der Waals surface area contributed by atoms with Gasteiger partial charge in [-0.1, -0.05) is 30.4 Å². The first-order valence-electron chi connectivity index (χ1n) is 5.56. The Morgan fingerprint density at radius 3 is 3.12 bits per heavy atom. The van der Waals surface area contributed by atoms with Crippen molar-refractivity contribution in [2.45, 2.75) is 12.8 Å². The number of allylic oxidation sites excluding steroid dienone is 5. The van der Waals surface area contributed by atoms with E-state index in [4.69, 9.17) is 0 Å². The van der Waals surface area contributed by atoms with Gasteiger partial charge in [0.1, 0.15) is 0 Å². The molecule has 0 saturated carbocycles. The van der Waals surface area contributed by atoms with Crippen molar-refractivity contribution in [1.29, 1.82) is 0 Å². The molecule has 0 unspecified atom stereocenters. The minimum atomic E-state index is -0.209. The van der Waals surface area contributed by atoms with Gasteiger partial charge in [-0.05, 0) is 18.4 Å². The van der Waals surface area contributed by atoms with Crippen LogP contribution in [0, 0.1) is 0 Å². The van der Waals surface area contributed by atoms with Crippen LogP contribution in [-0.4, -0.2) is 19.5 Å². The Hall–Kier alpha value is -1.97. The normalized spacial score (nSPS) is 17.9. The number of hydrogen-bond donors (Lipinski definition) is 1. The molecule has 0 aromatic rings. The summed E-state index contributed by atoms with van der Waals surface area (Å²) in [5.74, 6) is -0.209. The summed E-state index contributed by atoms with van der Waals surface area (Å²) >= 11 is 0. The molecule has 0 atom stereocenters. The van der Waals surface area contributed by atoms with Gasteiger partial charge in [0.2, 0.25) is 0 Å². The molecule has 0 aliphatic heterocycles. The molecule has 0 bridgehead atoms. The summed E-state index contributed by atoms with van der Waals surface area (Å²) < 4.78 is 0. The molecule has 17 heavy (non-hydrogen) atoms. The molecule has 4 heteroatoms. The van der Waals surface area contributed by atoms with Crippen LogP contribution in [-0.2, 0) is 4.79 Å². The Kier molecular flexibility index (Phi) is 5.64. The van der Waals surface area contributed by atoms with E-state index in [0.29, 0.717) is 12.2 Å². The van der Waals surface area contributed by atoms with Crippen LogP contribution in [0.5, 0.6) is 0 Å². The average Bonchev–Trinajstić information content (AvgIpc) is 2.62. The van der Waals surface area contributed by atoms with Crippen LogP contribution in [0.25, 0.3) is 0 Å². The Labute approximate surface area is 102 Å². The van der Waals surface area contributed by atoms with Crippen LogP contribution in [0.15, 0.2) is 58.5 Å². The molecule has 0 spiro atoms. The van der Waals surface area contributed by atoms with E-state index < -0.39 is 0 Å². The lowest BCUT2D eigenvalue weighted by molar-refractivity contribution is -0.117. The first-order chi connectivity index (χ1) is 8.29.